The Morgan fingerprint density at radius 2 is 1.96 bits per heavy atom. The summed E-state index contributed by atoms with van der Waals surface area (Å²) in [6.45, 7) is 2.79. The van der Waals surface area contributed by atoms with Gasteiger partial charge in [-0.1, -0.05) is 12.1 Å². The van der Waals surface area contributed by atoms with Crippen molar-refractivity contribution in [1.29, 1.82) is 0 Å². The van der Waals surface area contributed by atoms with Crippen LogP contribution in [0.5, 0.6) is 0 Å². The summed E-state index contributed by atoms with van der Waals surface area (Å²) in [5.74, 6) is -1.07. The van der Waals surface area contributed by atoms with E-state index in [1.165, 1.54) is 30.3 Å². The second-order valence-electron chi connectivity index (χ2n) is 6.21. The van der Waals surface area contributed by atoms with Gasteiger partial charge in [0, 0.05) is 25.2 Å². The van der Waals surface area contributed by atoms with Gasteiger partial charge in [0.1, 0.15) is 11.9 Å². The molecule has 1 amide bonds. The van der Waals surface area contributed by atoms with Crippen molar-refractivity contribution in [2.75, 3.05) is 18.0 Å². The average Bonchev–Trinajstić information content (AvgIpc) is 2.61. The second-order valence-corrected chi connectivity index (χ2v) is 6.21. The lowest BCUT2D eigenvalue weighted by Crippen LogP contribution is -2.43. The van der Waals surface area contributed by atoms with Crippen LogP contribution in [0.3, 0.4) is 0 Å². The van der Waals surface area contributed by atoms with Gasteiger partial charge in [0.25, 0.3) is 11.6 Å². The van der Waals surface area contributed by atoms with Gasteiger partial charge in [-0.25, -0.2) is 4.39 Å². The molecule has 2 aromatic carbocycles. The monoisotopic (exact) mass is 359 g/mol. The molecule has 1 aliphatic heterocycles. The molecule has 3 rings (SSSR count). The van der Waals surface area contributed by atoms with Crippen molar-refractivity contribution in [2.45, 2.75) is 19.1 Å². The molecule has 2 atom stereocenters. The number of rotatable bonds is 4. The highest BCUT2D eigenvalue weighted by molar-refractivity contribution is 5.99. The molecule has 2 N–H and O–H groups in total. The third kappa shape index (κ3) is 3.65. The number of nitrogens with two attached hydrogens (primary N) is 1. The number of hydrogen-bond acceptors (Lipinski definition) is 5. The van der Waals surface area contributed by atoms with Crippen LogP contribution in [-0.4, -0.2) is 30.0 Å². The number of non-ortho nitro benzene ring substituents is 1. The van der Waals surface area contributed by atoms with Crippen LogP contribution in [0.15, 0.2) is 42.5 Å². The molecular weight excluding hydrogens is 341 g/mol. The third-order valence-electron chi connectivity index (χ3n) is 4.30. The number of carbonyl (C=O) groups excluding carboxylic acids is 1. The number of hydrogen-bond donors (Lipinski definition) is 1. The Balaban J connectivity index is 1.94. The van der Waals surface area contributed by atoms with E-state index in [0.29, 0.717) is 18.8 Å². The van der Waals surface area contributed by atoms with Gasteiger partial charge < -0.3 is 15.4 Å². The number of benzene rings is 2. The van der Waals surface area contributed by atoms with E-state index < -0.39 is 10.8 Å². The van der Waals surface area contributed by atoms with Crippen LogP contribution in [0.25, 0.3) is 0 Å². The summed E-state index contributed by atoms with van der Waals surface area (Å²) < 4.78 is 19.1. The fraction of sp³-hybridized carbons (Fsp3) is 0.278. The van der Waals surface area contributed by atoms with Gasteiger partial charge in [0.2, 0.25) is 0 Å². The first-order valence-electron chi connectivity index (χ1n) is 8.09. The molecule has 8 heteroatoms. The van der Waals surface area contributed by atoms with Crippen molar-refractivity contribution in [3.8, 4) is 0 Å². The molecule has 26 heavy (non-hydrogen) atoms. The SMILES string of the molecule is CC1CN(c2ccc([N+](=O)[O-])cc2C(N)=O)CC(c2ccc(F)cc2)O1. The summed E-state index contributed by atoms with van der Waals surface area (Å²) in [6.07, 6.45) is -0.481. The Kier molecular flexibility index (Phi) is 4.85. The van der Waals surface area contributed by atoms with E-state index in [0.717, 1.165) is 5.56 Å². The molecule has 1 fully saturated rings. The van der Waals surface area contributed by atoms with E-state index in [1.54, 1.807) is 12.1 Å². The molecule has 0 spiro atoms. The summed E-state index contributed by atoms with van der Waals surface area (Å²) in [5.41, 5.74) is 6.65. The number of anilines is 1. The molecule has 0 bridgehead atoms. The molecule has 0 radical (unpaired) electrons. The van der Waals surface area contributed by atoms with Gasteiger partial charge in [-0.15, -0.1) is 0 Å². The van der Waals surface area contributed by atoms with Crippen molar-refractivity contribution in [3.63, 3.8) is 0 Å². The van der Waals surface area contributed by atoms with Crippen LogP contribution in [-0.2, 0) is 4.74 Å². The first-order valence-corrected chi connectivity index (χ1v) is 8.09. The molecule has 1 saturated heterocycles. The highest BCUT2D eigenvalue weighted by atomic mass is 19.1. The van der Waals surface area contributed by atoms with Crippen LogP contribution in [0, 0.1) is 15.9 Å². The minimum Gasteiger partial charge on any atom is -0.367 e. The van der Waals surface area contributed by atoms with Crippen LogP contribution < -0.4 is 10.6 Å². The van der Waals surface area contributed by atoms with Crippen LogP contribution >= 0.6 is 0 Å². The number of nitro benzene ring substituents is 1. The van der Waals surface area contributed by atoms with Gasteiger partial charge in [-0.2, -0.15) is 0 Å². The van der Waals surface area contributed by atoms with Crippen molar-refractivity contribution < 1.29 is 18.8 Å². The molecule has 0 aliphatic carbocycles. The number of nitrogens with zero attached hydrogens (tertiary/aromatic N) is 2. The number of morpholine rings is 1. The van der Waals surface area contributed by atoms with Gasteiger partial charge in [0.05, 0.1) is 22.3 Å². The Bertz CT molecular complexity index is 841. The number of carbonyl (C=O) groups is 1. The van der Waals surface area contributed by atoms with Crippen LogP contribution in [0.2, 0.25) is 0 Å². The molecule has 136 valence electrons. The lowest BCUT2D eigenvalue weighted by molar-refractivity contribution is -0.384. The van der Waals surface area contributed by atoms with E-state index in [2.05, 4.69) is 0 Å². The average molecular weight is 359 g/mol. The van der Waals surface area contributed by atoms with Gasteiger partial charge in [0.15, 0.2) is 0 Å². The third-order valence-corrected chi connectivity index (χ3v) is 4.30. The zero-order chi connectivity index (χ0) is 18.8. The molecule has 1 heterocycles. The summed E-state index contributed by atoms with van der Waals surface area (Å²) in [6, 6.07) is 10.1. The van der Waals surface area contributed by atoms with E-state index in [1.807, 2.05) is 11.8 Å². The van der Waals surface area contributed by atoms with Gasteiger partial charge in [-0.3, -0.25) is 14.9 Å². The molecule has 0 saturated carbocycles. The number of halogens is 1. The minimum absolute atomic E-state index is 0.0890. The summed E-state index contributed by atoms with van der Waals surface area (Å²) >= 11 is 0. The maximum atomic E-state index is 13.2. The smallest absolute Gasteiger partial charge is 0.270 e. The fourth-order valence-corrected chi connectivity index (χ4v) is 3.12. The topological polar surface area (TPSA) is 98.7 Å². The van der Waals surface area contributed by atoms with Crippen molar-refractivity contribution in [1.82, 2.24) is 0 Å². The Labute approximate surface area is 149 Å². The second kappa shape index (κ2) is 7.09. The normalized spacial score (nSPS) is 20.0. The van der Waals surface area contributed by atoms with Crippen molar-refractivity contribution in [3.05, 3.63) is 69.5 Å². The minimum atomic E-state index is -0.735. The molecule has 2 aromatic rings. The Morgan fingerprint density at radius 3 is 2.58 bits per heavy atom. The fourth-order valence-electron chi connectivity index (χ4n) is 3.12. The molecule has 1 aliphatic rings. The zero-order valence-electron chi connectivity index (χ0n) is 14.1. The lowest BCUT2D eigenvalue weighted by Gasteiger charge is -2.39. The van der Waals surface area contributed by atoms with E-state index in [9.17, 15) is 19.3 Å². The van der Waals surface area contributed by atoms with E-state index in [-0.39, 0.29) is 29.3 Å². The van der Waals surface area contributed by atoms with E-state index in [4.69, 9.17) is 10.5 Å². The maximum Gasteiger partial charge on any atom is 0.270 e. The molecular formula is C18H18FN3O4. The standard InChI is InChI=1S/C18H18FN3O4/c1-11-9-21(10-17(26-11)12-2-4-13(19)5-3-12)16-7-6-14(22(24)25)8-15(16)18(20)23/h2-8,11,17H,9-10H2,1H3,(H2,20,23). The summed E-state index contributed by atoms with van der Waals surface area (Å²) in [5, 5.41) is 11.0. The zero-order valence-corrected chi connectivity index (χ0v) is 14.1. The van der Waals surface area contributed by atoms with E-state index >= 15 is 0 Å². The number of amides is 1. The highest BCUT2D eigenvalue weighted by Gasteiger charge is 2.29. The number of ether oxygens (including phenoxy) is 1. The van der Waals surface area contributed by atoms with Crippen LogP contribution in [0.4, 0.5) is 15.8 Å². The predicted octanol–water partition coefficient (Wildman–Crippen LogP) is 2.80. The predicted molar refractivity (Wildman–Crippen MR) is 93.5 cm³/mol. The lowest BCUT2D eigenvalue weighted by atomic mass is 10.0. The number of primary amides is 1. The Morgan fingerprint density at radius 1 is 1.27 bits per heavy atom. The van der Waals surface area contributed by atoms with Gasteiger partial charge >= 0.3 is 0 Å². The van der Waals surface area contributed by atoms with Gasteiger partial charge in [-0.05, 0) is 30.7 Å². The Hall–Kier alpha value is -3.00. The molecule has 7 nitrogen and oxygen atoms in total. The first kappa shape index (κ1) is 17.8. The summed E-state index contributed by atoms with van der Waals surface area (Å²) in [4.78, 5) is 24.1. The van der Waals surface area contributed by atoms with Crippen molar-refractivity contribution in [2.24, 2.45) is 5.73 Å². The first-order chi connectivity index (χ1) is 12.3. The number of nitro groups is 1. The molecule has 0 aromatic heterocycles. The summed E-state index contributed by atoms with van der Waals surface area (Å²) in [7, 11) is 0. The van der Waals surface area contributed by atoms with Crippen LogP contribution in [0.1, 0.15) is 28.9 Å². The van der Waals surface area contributed by atoms with Crippen molar-refractivity contribution >= 4 is 17.3 Å². The highest BCUT2D eigenvalue weighted by Crippen LogP contribution is 2.32. The molecule has 2 unspecified atom stereocenters. The quantitative estimate of drug-likeness (QED) is 0.668. The largest absolute Gasteiger partial charge is 0.367 e. The maximum absolute atomic E-state index is 13.2.